The van der Waals surface area contributed by atoms with Gasteiger partial charge in [0.1, 0.15) is 0 Å². The Kier molecular flexibility index (Phi) is 3.18. The molecule has 1 nitrogen and oxygen atoms in total. The molecular formula is C15H27N. The Bertz CT molecular complexity index is 277. The molecule has 0 aromatic rings. The highest BCUT2D eigenvalue weighted by molar-refractivity contribution is 5.15. The highest BCUT2D eigenvalue weighted by atomic mass is 15.0. The molecule has 3 atom stereocenters. The predicted octanol–water partition coefficient (Wildman–Crippen LogP) is 3.76. The molecule has 1 unspecified atom stereocenters. The summed E-state index contributed by atoms with van der Waals surface area (Å²) in [5.74, 6) is 2.38. The number of piperidine rings is 1. The molecule has 0 amide bonds. The monoisotopic (exact) mass is 221 g/mol. The minimum absolute atomic E-state index is 0.330. The minimum atomic E-state index is 0.330. The molecule has 1 saturated heterocycles. The zero-order chi connectivity index (χ0) is 11.9. The van der Waals surface area contributed by atoms with Gasteiger partial charge in [0.05, 0.1) is 0 Å². The van der Waals surface area contributed by atoms with Crippen molar-refractivity contribution in [2.75, 3.05) is 0 Å². The van der Waals surface area contributed by atoms with Crippen LogP contribution in [0, 0.1) is 17.8 Å². The van der Waals surface area contributed by atoms with Gasteiger partial charge in [-0.05, 0) is 57.3 Å². The van der Waals surface area contributed by atoms with E-state index in [4.69, 9.17) is 0 Å². The molecule has 1 N–H and O–H groups in total. The fourth-order valence-electron chi connectivity index (χ4n) is 3.67. The number of rotatable bonds is 2. The van der Waals surface area contributed by atoms with Gasteiger partial charge in [0.25, 0.3) is 0 Å². The van der Waals surface area contributed by atoms with Crippen molar-refractivity contribution < 1.29 is 0 Å². The fraction of sp³-hybridized carbons (Fsp3) is 0.867. The second-order valence-corrected chi connectivity index (χ2v) is 6.84. The van der Waals surface area contributed by atoms with Gasteiger partial charge in [-0.25, -0.2) is 0 Å². The van der Waals surface area contributed by atoms with Crippen molar-refractivity contribution in [3.8, 4) is 0 Å². The van der Waals surface area contributed by atoms with E-state index >= 15 is 0 Å². The first-order valence-corrected chi connectivity index (χ1v) is 6.85. The van der Waals surface area contributed by atoms with Gasteiger partial charge in [0, 0.05) is 11.6 Å². The van der Waals surface area contributed by atoms with E-state index < -0.39 is 0 Å². The molecule has 2 aliphatic rings. The average molecular weight is 221 g/mol. The zero-order valence-corrected chi connectivity index (χ0v) is 11.3. The van der Waals surface area contributed by atoms with Crippen molar-refractivity contribution >= 4 is 0 Å². The molecule has 0 spiro atoms. The van der Waals surface area contributed by atoms with Crippen molar-refractivity contribution in [3.63, 3.8) is 0 Å². The first-order chi connectivity index (χ1) is 7.40. The van der Waals surface area contributed by atoms with Crippen molar-refractivity contribution in [1.29, 1.82) is 0 Å². The van der Waals surface area contributed by atoms with Gasteiger partial charge in [-0.2, -0.15) is 0 Å². The van der Waals surface area contributed by atoms with Gasteiger partial charge in [-0.1, -0.05) is 26.0 Å². The van der Waals surface area contributed by atoms with E-state index in [1.165, 1.54) is 31.3 Å². The average Bonchev–Trinajstić information content (AvgIpc) is 2.14. The Hall–Kier alpha value is -0.300. The molecule has 1 aliphatic carbocycles. The van der Waals surface area contributed by atoms with Crippen LogP contribution in [0.1, 0.15) is 53.4 Å². The molecule has 2 rings (SSSR count). The molecule has 92 valence electrons. The van der Waals surface area contributed by atoms with E-state index in [1.807, 2.05) is 0 Å². The lowest BCUT2D eigenvalue weighted by atomic mass is 9.64. The predicted molar refractivity (Wildman–Crippen MR) is 70.4 cm³/mol. The molecule has 2 fully saturated rings. The van der Waals surface area contributed by atoms with Crippen LogP contribution in [-0.4, -0.2) is 11.6 Å². The molecule has 2 bridgehead atoms. The number of fused-ring (bicyclic) bond motifs is 2. The highest BCUT2D eigenvalue weighted by Crippen LogP contribution is 2.45. The van der Waals surface area contributed by atoms with Crippen LogP contribution in [0.3, 0.4) is 0 Å². The number of hydrogen-bond acceptors (Lipinski definition) is 1. The van der Waals surface area contributed by atoms with Gasteiger partial charge in [-0.3, -0.25) is 0 Å². The third kappa shape index (κ3) is 2.20. The molecule has 0 aromatic carbocycles. The van der Waals surface area contributed by atoms with Crippen molar-refractivity contribution in [3.05, 3.63) is 12.2 Å². The van der Waals surface area contributed by atoms with Crippen LogP contribution in [0.2, 0.25) is 0 Å². The molecule has 1 heteroatoms. The van der Waals surface area contributed by atoms with Crippen LogP contribution >= 0.6 is 0 Å². The Morgan fingerprint density at radius 3 is 2.75 bits per heavy atom. The summed E-state index contributed by atoms with van der Waals surface area (Å²) < 4.78 is 0. The third-order valence-electron chi connectivity index (χ3n) is 4.67. The largest absolute Gasteiger partial charge is 0.308 e. The van der Waals surface area contributed by atoms with Crippen LogP contribution in [0.15, 0.2) is 12.2 Å². The summed E-state index contributed by atoms with van der Waals surface area (Å²) in [6, 6.07) is 0.666. The van der Waals surface area contributed by atoms with Gasteiger partial charge >= 0.3 is 0 Å². The molecule has 1 saturated carbocycles. The van der Waals surface area contributed by atoms with Crippen molar-refractivity contribution in [2.24, 2.45) is 17.8 Å². The Morgan fingerprint density at radius 1 is 1.44 bits per heavy atom. The maximum atomic E-state index is 4.30. The zero-order valence-electron chi connectivity index (χ0n) is 11.3. The summed E-state index contributed by atoms with van der Waals surface area (Å²) in [5, 5.41) is 3.90. The molecule has 1 heterocycles. The van der Waals surface area contributed by atoms with E-state index in [9.17, 15) is 0 Å². The lowest BCUT2D eigenvalue weighted by Crippen LogP contribution is -2.60. The normalized spacial score (nSPS) is 37.8. The van der Waals surface area contributed by atoms with Gasteiger partial charge in [-0.15, -0.1) is 0 Å². The molecular weight excluding hydrogens is 194 g/mol. The lowest BCUT2D eigenvalue weighted by Gasteiger charge is -2.52. The quantitative estimate of drug-likeness (QED) is 0.700. The summed E-state index contributed by atoms with van der Waals surface area (Å²) in [6.45, 7) is 13.7. The first-order valence-electron chi connectivity index (χ1n) is 6.85. The summed E-state index contributed by atoms with van der Waals surface area (Å²) in [4.78, 5) is 0. The van der Waals surface area contributed by atoms with Crippen molar-refractivity contribution in [1.82, 2.24) is 5.32 Å². The van der Waals surface area contributed by atoms with Gasteiger partial charge in [0.2, 0.25) is 0 Å². The van der Waals surface area contributed by atoms with Crippen LogP contribution < -0.4 is 5.32 Å². The smallest absolute Gasteiger partial charge is 0.0156 e. The van der Waals surface area contributed by atoms with E-state index in [-0.39, 0.29) is 0 Å². The van der Waals surface area contributed by atoms with E-state index in [0.29, 0.717) is 11.6 Å². The number of nitrogens with one attached hydrogen (secondary N) is 1. The van der Waals surface area contributed by atoms with Crippen LogP contribution in [0.25, 0.3) is 0 Å². The number of hydrogen-bond donors (Lipinski definition) is 1. The van der Waals surface area contributed by atoms with Crippen molar-refractivity contribution in [2.45, 2.75) is 65.0 Å². The second-order valence-electron chi connectivity index (χ2n) is 6.84. The van der Waals surface area contributed by atoms with E-state index in [0.717, 1.165) is 17.8 Å². The SMILES string of the molecule is C=C1CCC2C[C@@H]1[C@@H](CC(C)C)NC2(C)C. The Labute approximate surface area is 101 Å². The second kappa shape index (κ2) is 4.18. The van der Waals surface area contributed by atoms with Gasteiger partial charge in [0.15, 0.2) is 0 Å². The lowest BCUT2D eigenvalue weighted by molar-refractivity contribution is 0.0804. The van der Waals surface area contributed by atoms with E-state index in [1.54, 1.807) is 0 Å². The van der Waals surface area contributed by atoms with E-state index in [2.05, 4.69) is 39.6 Å². The minimum Gasteiger partial charge on any atom is -0.308 e. The third-order valence-corrected chi connectivity index (χ3v) is 4.67. The molecule has 0 aromatic heterocycles. The van der Waals surface area contributed by atoms with Crippen LogP contribution in [0.5, 0.6) is 0 Å². The Balaban J connectivity index is 2.15. The topological polar surface area (TPSA) is 12.0 Å². The highest BCUT2D eigenvalue weighted by Gasteiger charge is 2.44. The fourth-order valence-corrected chi connectivity index (χ4v) is 3.67. The first kappa shape index (κ1) is 12.2. The van der Waals surface area contributed by atoms with Crippen LogP contribution in [0.4, 0.5) is 0 Å². The molecule has 16 heavy (non-hydrogen) atoms. The summed E-state index contributed by atoms with van der Waals surface area (Å²) >= 11 is 0. The summed E-state index contributed by atoms with van der Waals surface area (Å²) in [6.07, 6.45) is 5.26. The Morgan fingerprint density at radius 2 is 2.12 bits per heavy atom. The maximum Gasteiger partial charge on any atom is 0.0156 e. The van der Waals surface area contributed by atoms with Crippen LogP contribution in [-0.2, 0) is 0 Å². The standard InChI is InChI=1S/C15H27N/c1-10(2)8-14-13-9-12(7-6-11(13)3)15(4,5)16-14/h10,12-14,16H,3,6-9H2,1-2,4-5H3/t12?,13-,14+/m0/s1. The summed E-state index contributed by atoms with van der Waals surface area (Å²) in [5.41, 5.74) is 1.83. The van der Waals surface area contributed by atoms with Gasteiger partial charge < -0.3 is 5.32 Å². The molecule has 1 aliphatic heterocycles. The molecule has 0 radical (unpaired) electrons. The summed E-state index contributed by atoms with van der Waals surface area (Å²) in [7, 11) is 0. The maximum absolute atomic E-state index is 4.30.